The van der Waals surface area contributed by atoms with Gasteiger partial charge in [-0.3, -0.25) is 4.79 Å². The van der Waals surface area contributed by atoms with E-state index in [-0.39, 0.29) is 18.7 Å². The van der Waals surface area contributed by atoms with Crippen LogP contribution in [0.15, 0.2) is 0 Å². The maximum Gasteiger partial charge on any atom is 0.281 e. The van der Waals surface area contributed by atoms with Crippen LogP contribution in [-0.2, 0) is 14.6 Å². The second-order valence-electron chi connectivity index (χ2n) is 3.89. The van der Waals surface area contributed by atoms with Gasteiger partial charge in [-0.25, -0.2) is 17.2 Å². The van der Waals surface area contributed by atoms with Gasteiger partial charge in [0.2, 0.25) is 5.91 Å². The van der Waals surface area contributed by atoms with Crippen molar-refractivity contribution < 1.29 is 22.0 Å². The molecule has 0 aromatic rings. The smallest absolute Gasteiger partial charge is 0.281 e. The summed E-state index contributed by atoms with van der Waals surface area (Å²) in [7, 11) is -3.25. The van der Waals surface area contributed by atoms with E-state index < -0.39 is 34.3 Å². The minimum atomic E-state index is -3.25. The highest BCUT2D eigenvalue weighted by Crippen LogP contribution is 2.21. The van der Waals surface area contributed by atoms with Crippen molar-refractivity contribution >= 4 is 15.7 Å². The summed E-state index contributed by atoms with van der Waals surface area (Å²) in [5.41, 5.74) is 0. The van der Waals surface area contributed by atoms with Crippen LogP contribution in [0.5, 0.6) is 0 Å². The van der Waals surface area contributed by atoms with Crippen LogP contribution in [0, 0.1) is 0 Å². The van der Waals surface area contributed by atoms with Crippen LogP contribution in [0.4, 0.5) is 8.78 Å². The molecule has 8 heteroatoms. The van der Waals surface area contributed by atoms with Crippen LogP contribution in [0.25, 0.3) is 0 Å². The first-order valence-corrected chi connectivity index (χ1v) is 6.82. The predicted molar refractivity (Wildman–Crippen MR) is 54.1 cm³/mol. The summed E-state index contributed by atoms with van der Waals surface area (Å²) in [4.78, 5) is 11.2. The fourth-order valence-electron chi connectivity index (χ4n) is 1.36. The molecule has 2 N–H and O–H groups in total. The van der Waals surface area contributed by atoms with Crippen LogP contribution in [0.3, 0.4) is 0 Å². The zero-order valence-corrected chi connectivity index (χ0v) is 9.61. The lowest BCUT2D eigenvalue weighted by molar-refractivity contribution is -0.123. The molecule has 1 rings (SSSR count). The molecule has 1 amide bonds. The largest absolute Gasteiger partial charge is 0.346 e. The van der Waals surface area contributed by atoms with Gasteiger partial charge in [0.1, 0.15) is 15.9 Å². The Balaban J connectivity index is 2.40. The van der Waals surface area contributed by atoms with E-state index in [1.54, 1.807) is 0 Å². The van der Waals surface area contributed by atoms with Gasteiger partial charge < -0.3 is 10.6 Å². The lowest BCUT2D eigenvalue weighted by Crippen LogP contribution is -2.47. The number of carbonyl (C=O) groups is 1. The van der Waals surface area contributed by atoms with Crippen molar-refractivity contribution in [1.29, 1.82) is 0 Å². The number of halogens is 2. The Bertz CT molecular complexity index is 369. The first-order chi connectivity index (χ1) is 7.21. The predicted octanol–water partition coefficient (Wildman–Crippen LogP) is -0.856. The van der Waals surface area contributed by atoms with Crippen LogP contribution in [-0.4, -0.2) is 51.4 Å². The molecule has 0 saturated carbocycles. The van der Waals surface area contributed by atoms with Gasteiger partial charge in [0, 0.05) is 19.2 Å². The highest BCUT2D eigenvalue weighted by Gasteiger charge is 2.44. The average Bonchev–Trinajstić information content (AvgIpc) is 2.42. The SMILES string of the molecule is CS(=O)(=O)CCC(=O)NC1CNCC1(F)F. The van der Waals surface area contributed by atoms with Crippen molar-refractivity contribution in [2.75, 3.05) is 25.1 Å². The van der Waals surface area contributed by atoms with Gasteiger partial charge in [-0.2, -0.15) is 0 Å². The summed E-state index contributed by atoms with van der Waals surface area (Å²) in [6, 6.07) is -1.25. The molecule has 0 spiro atoms. The van der Waals surface area contributed by atoms with Crippen molar-refractivity contribution in [2.45, 2.75) is 18.4 Å². The third kappa shape index (κ3) is 4.01. The van der Waals surface area contributed by atoms with Gasteiger partial charge in [-0.15, -0.1) is 0 Å². The van der Waals surface area contributed by atoms with Crippen molar-refractivity contribution in [3.8, 4) is 0 Å². The number of rotatable bonds is 4. The Morgan fingerprint density at radius 2 is 2.19 bits per heavy atom. The molecule has 1 atom stereocenters. The number of hydrogen-bond donors (Lipinski definition) is 2. The van der Waals surface area contributed by atoms with Gasteiger partial charge in [0.05, 0.1) is 12.3 Å². The fourth-order valence-corrected chi connectivity index (χ4v) is 1.91. The van der Waals surface area contributed by atoms with Gasteiger partial charge in [0.25, 0.3) is 5.92 Å². The van der Waals surface area contributed by atoms with E-state index in [2.05, 4.69) is 10.6 Å². The Morgan fingerprint density at radius 3 is 2.62 bits per heavy atom. The van der Waals surface area contributed by atoms with E-state index in [0.29, 0.717) is 0 Å². The normalized spacial score (nSPS) is 24.3. The number of nitrogens with one attached hydrogen (secondary N) is 2. The third-order valence-corrected chi connectivity index (χ3v) is 3.20. The summed E-state index contributed by atoms with van der Waals surface area (Å²) < 4.78 is 47.6. The third-order valence-electron chi connectivity index (χ3n) is 2.25. The molecule has 0 aromatic carbocycles. The summed E-state index contributed by atoms with van der Waals surface area (Å²) in [6.45, 7) is -0.471. The molecule has 1 aliphatic rings. The molecular weight excluding hydrogens is 242 g/mol. The number of carbonyl (C=O) groups excluding carboxylic acids is 1. The Morgan fingerprint density at radius 1 is 1.56 bits per heavy atom. The molecular formula is C8H14F2N2O3S. The van der Waals surface area contributed by atoms with Crippen LogP contribution >= 0.6 is 0 Å². The molecule has 1 saturated heterocycles. The standard InChI is InChI=1S/C8H14F2N2O3S/c1-16(14,15)3-2-7(13)12-6-4-11-5-8(6,9)10/h6,11H,2-5H2,1H3,(H,12,13). The van der Waals surface area contributed by atoms with Gasteiger partial charge in [-0.05, 0) is 0 Å². The monoisotopic (exact) mass is 256 g/mol. The topological polar surface area (TPSA) is 75.3 Å². The Kier molecular flexibility index (Phi) is 3.84. The van der Waals surface area contributed by atoms with Crippen molar-refractivity contribution in [1.82, 2.24) is 10.6 Å². The number of sulfone groups is 1. The summed E-state index contributed by atoms with van der Waals surface area (Å²) in [5, 5.41) is 4.58. The zero-order valence-electron chi connectivity index (χ0n) is 8.79. The molecule has 0 aromatic heterocycles. The average molecular weight is 256 g/mol. The van der Waals surface area contributed by atoms with Crippen molar-refractivity contribution in [3.63, 3.8) is 0 Å². The van der Waals surface area contributed by atoms with Crippen LogP contribution < -0.4 is 10.6 Å². The van der Waals surface area contributed by atoms with E-state index in [9.17, 15) is 22.0 Å². The lowest BCUT2D eigenvalue weighted by Gasteiger charge is -2.18. The van der Waals surface area contributed by atoms with E-state index in [4.69, 9.17) is 0 Å². The molecule has 1 fully saturated rings. The summed E-state index contributed by atoms with van der Waals surface area (Å²) in [6.07, 6.45) is 0.706. The first kappa shape index (κ1) is 13.3. The second kappa shape index (κ2) is 4.62. The zero-order chi connectivity index (χ0) is 12.4. The highest BCUT2D eigenvalue weighted by molar-refractivity contribution is 7.90. The second-order valence-corrected chi connectivity index (χ2v) is 6.15. The van der Waals surface area contributed by atoms with Crippen LogP contribution in [0.1, 0.15) is 6.42 Å². The molecule has 16 heavy (non-hydrogen) atoms. The maximum atomic E-state index is 13.0. The van der Waals surface area contributed by atoms with E-state index in [0.717, 1.165) is 6.26 Å². The van der Waals surface area contributed by atoms with Crippen molar-refractivity contribution in [3.05, 3.63) is 0 Å². The van der Waals surface area contributed by atoms with E-state index in [1.165, 1.54) is 0 Å². The minimum Gasteiger partial charge on any atom is -0.346 e. The number of hydrogen-bond acceptors (Lipinski definition) is 4. The van der Waals surface area contributed by atoms with E-state index in [1.807, 2.05) is 0 Å². The molecule has 5 nitrogen and oxygen atoms in total. The van der Waals surface area contributed by atoms with Crippen LogP contribution in [0.2, 0.25) is 0 Å². The molecule has 94 valence electrons. The molecule has 1 aliphatic heterocycles. The maximum absolute atomic E-state index is 13.0. The number of alkyl halides is 2. The molecule has 0 bridgehead atoms. The quantitative estimate of drug-likeness (QED) is 0.686. The summed E-state index contributed by atoms with van der Waals surface area (Å²) in [5.74, 6) is -3.97. The molecule has 0 radical (unpaired) electrons. The minimum absolute atomic E-state index is 0.00237. The van der Waals surface area contributed by atoms with Gasteiger partial charge in [0.15, 0.2) is 0 Å². The highest BCUT2D eigenvalue weighted by atomic mass is 32.2. The van der Waals surface area contributed by atoms with Crippen molar-refractivity contribution in [2.24, 2.45) is 0 Å². The molecule has 1 unspecified atom stereocenters. The molecule has 1 heterocycles. The number of amides is 1. The fraction of sp³-hybridized carbons (Fsp3) is 0.875. The first-order valence-electron chi connectivity index (χ1n) is 4.76. The Labute approximate surface area is 92.5 Å². The van der Waals surface area contributed by atoms with Gasteiger partial charge in [-0.1, -0.05) is 0 Å². The summed E-state index contributed by atoms with van der Waals surface area (Å²) >= 11 is 0. The van der Waals surface area contributed by atoms with Gasteiger partial charge >= 0.3 is 0 Å². The lowest BCUT2D eigenvalue weighted by atomic mass is 10.2. The van der Waals surface area contributed by atoms with E-state index >= 15 is 0 Å². The molecule has 0 aliphatic carbocycles. The Hall–Kier alpha value is -0.760.